The molecule has 0 aromatic heterocycles. The zero-order chi connectivity index (χ0) is 25.5. The van der Waals surface area contributed by atoms with Gasteiger partial charge in [0.15, 0.2) is 0 Å². The van der Waals surface area contributed by atoms with Crippen LogP contribution >= 0.6 is 11.8 Å². The van der Waals surface area contributed by atoms with Crippen molar-refractivity contribution in [1.82, 2.24) is 0 Å². The Bertz CT molecular complexity index is 1100. The highest BCUT2D eigenvalue weighted by atomic mass is 32.2. The number of ether oxygens (including phenoxy) is 3. The second kappa shape index (κ2) is 8.52. The number of thioether (sulfide) groups is 1. The molecule has 6 aliphatic rings. The molecule has 0 spiro atoms. The van der Waals surface area contributed by atoms with Gasteiger partial charge >= 0.3 is 13.1 Å². The van der Waals surface area contributed by atoms with Crippen molar-refractivity contribution < 1.29 is 28.3 Å². The number of hydrogen-bond donors (Lipinski definition) is 0. The van der Waals surface area contributed by atoms with Gasteiger partial charge < -0.3 is 23.5 Å². The molecule has 0 N–H and O–H groups in total. The van der Waals surface area contributed by atoms with Crippen LogP contribution in [0.15, 0.2) is 23.0 Å². The van der Waals surface area contributed by atoms with E-state index in [1.165, 1.54) is 6.42 Å². The average Bonchev–Trinajstić information content (AvgIpc) is 3.44. The van der Waals surface area contributed by atoms with Crippen molar-refractivity contribution in [3.63, 3.8) is 0 Å². The first-order chi connectivity index (χ1) is 17.0. The summed E-state index contributed by atoms with van der Waals surface area (Å²) in [6.45, 7) is 13.4. The van der Waals surface area contributed by atoms with Crippen LogP contribution in [0.5, 0.6) is 5.75 Å². The van der Waals surface area contributed by atoms with Crippen LogP contribution in [-0.2, 0) is 18.8 Å². The topological polar surface area (TPSA) is 63.2 Å². The molecule has 5 fully saturated rings. The first kappa shape index (κ1) is 24.8. The third-order valence-corrected chi connectivity index (χ3v) is 10.5. The first-order valence-corrected chi connectivity index (χ1v) is 14.2. The molecule has 7 rings (SSSR count). The number of fused-ring (bicyclic) bond motifs is 1. The first-order valence-electron chi connectivity index (χ1n) is 13.4. The fourth-order valence-corrected chi connectivity index (χ4v) is 8.27. The van der Waals surface area contributed by atoms with Gasteiger partial charge in [0.1, 0.15) is 11.3 Å². The van der Waals surface area contributed by atoms with Crippen molar-refractivity contribution in [1.29, 1.82) is 0 Å². The lowest BCUT2D eigenvalue weighted by Crippen LogP contribution is -2.65. The Kier molecular flexibility index (Phi) is 5.88. The van der Waals surface area contributed by atoms with E-state index in [0.717, 1.165) is 36.3 Å². The summed E-state index contributed by atoms with van der Waals surface area (Å²) in [4.78, 5) is 14.0. The maximum Gasteiger partial charge on any atom is 0.486 e. The van der Waals surface area contributed by atoms with Gasteiger partial charge in [0.25, 0.3) is 0 Å². The van der Waals surface area contributed by atoms with Crippen LogP contribution in [0.25, 0.3) is 6.08 Å². The molecule has 3 heterocycles. The molecule has 3 aliphatic heterocycles. The molecule has 2 saturated heterocycles. The van der Waals surface area contributed by atoms with Crippen LogP contribution in [0, 0.1) is 17.3 Å². The number of carbonyl (C=O) groups excluding carboxylic acids is 1. The Morgan fingerprint density at radius 3 is 2.67 bits per heavy atom. The number of benzene rings is 1. The summed E-state index contributed by atoms with van der Waals surface area (Å²) in [6, 6.07) is 4.00. The van der Waals surface area contributed by atoms with Crippen LogP contribution in [0.4, 0.5) is 0 Å². The van der Waals surface area contributed by atoms with Crippen molar-refractivity contribution in [3.05, 3.63) is 29.2 Å². The van der Waals surface area contributed by atoms with E-state index >= 15 is 0 Å². The van der Waals surface area contributed by atoms with E-state index in [0.29, 0.717) is 28.6 Å². The molecule has 6 nitrogen and oxygen atoms in total. The standard InChI is InChI=1S/C28H37BO6S/c1-16(19-8-7-13-31-19)36-20-10-9-17(24-23(20)25(30)33-27(4,5)32-24)11-12-29-34-22-15-18-14-21(26(18,2)3)28(22,6)35-29/h9-12,16,18-19,21-22H,7-8,13-15H2,1-6H3/b12-11-/t16?,18?,19-,21?,22+,28-/m0/s1. The van der Waals surface area contributed by atoms with Gasteiger partial charge in [0, 0.05) is 36.2 Å². The number of hydrogen-bond acceptors (Lipinski definition) is 7. The van der Waals surface area contributed by atoms with Crippen LogP contribution in [-0.4, -0.2) is 48.5 Å². The highest BCUT2D eigenvalue weighted by Gasteiger charge is 2.67. The van der Waals surface area contributed by atoms with Gasteiger partial charge in [-0.3, -0.25) is 0 Å². The lowest BCUT2D eigenvalue weighted by atomic mass is 9.43. The summed E-state index contributed by atoms with van der Waals surface area (Å²) in [5.41, 5.74) is 1.36. The summed E-state index contributed by atoms with van der Waals surface area (Å²) < 4.78 is 30.6. The van der Waals surface area contributed by atoms with Crippen molar-refractivity contribution in [3.8, 4) is 5.75 Å². The van der Waals surface area contributed by atoms with Gasteiger partial charge in [-0.2, -0.15) is 0 Å². The minimum atomic E-state index is -1.04. The van der Waals surface area contributed by atoms with E-state index in [2.05, 4.69) is 27.7 Å². The number of cyclic esters (lactones) is 1. The van der Waals surface area contributed by atoms with Crippen LogP contribution < -0.4 is 4.74 Å². The van der Waals surface area contributed by atoms with Gasteiger partial charge in [-0.05, 0) is 55.9 Å². The largest absolute Gasteiger partial charge is 0.486 e. The molecule has 3 saturated carbocycles. The van der Waals surface area contributed by atoms with Crippen molar-refractivity contribution in [2.24, 2.45) is 17.3 Å². The maximum absolute atomic E-state index is 13.1. The minimum absolute atomic E-state index is 0.126. The summed E-state index contributed by atoms with van der Waals surface area (Å²) in [7, 11) is -0.414. The monoisotopic (exact) mass is 512 g/mol. The van der Waals surface area contributed by atoms with Crippen LogP contribution in [0.1, 0.15) is 83.1 Å². The highest BCUT2D eigenvalue weighted by Crippen LogP contribution is 2.65. The van der Waals surface area contributed by atoms with E-state index in [4.69, 9.17) is 23.5 Å². The molecular formula is C28H37BO6S. The molecule has 6 atom stereocenters. The van der Waals surface area contributed by atoms with Crippen LogP contribution in [0.3, 0.4) is 0 Å². The van der Waals surface area contributed by atoms with E-state index < -0.39 is 12.9 Å². The fourth-order valence-electron chi connectivity index (χ4n) is 7.06. The van der Waals surface area contributed by atoms with Gasteiger partial charge in [-0.1, -0.05) is 38.9 Å². The molecule has 1 aromatic rings. The van der Waals surface area contributed by atoms with Gasteiger partial charge in [-0.15, -0.1) is 11.8 Å². The maximum atomic E-state index is 13.1. The Labute approximate surface area is 218 Å². The predicted octanol–water partition coefficient (Wildman–Crippen LogP) is 5.91. The summed E-state index contributed by atoms with van der Waals surface area (Å²) in [5.74, 6) is 2.35. The highest BCUT2D eigenvalue weighted by molar-refractivity contribution is 8.00. The Balaban J connectivity index is 1.26. The van der Waals surface area contributed by atoms with Crippen molar-refractivity contribution in [2.45, 2.75) is 101 Å². The van der Waals surface area contributed by atoms with Gasteiger partial charge in [0.05, 0.1) is 17.8 Å². The molecule has 1 aromatic carbocycles. The van der Waals surface area contributed by atoms with Gasteiger partial charge in [0.2, 0.25) is 5.79 Å². The minimum Gasteiger partial charge on any atom is -0.451 e. The van der Waals surface area contributed by atoms with E-state index in [9.17, 15) is 4.79 Å². The lowest BCUT2D eigenvalue weighted by Gasteiger charge is -2.64. The number of carbonyl (C=O) groups is 1. The molecule has 36 heavy (non-hydrogen) atoms. The molecule has 8 heteroatoms. The number of rotatable bonds is 5. The lowest BCUT2D eigenvalue weighted by molar-refractivity contribution is -0.199. The normalized spacial score (nSPS) is 36.6. The quantitative estimate of drug-likeness (QED) is 0.276. The third-order valence-electron chi connectivity index (χ3n) is 9.24. The zero-order valence-electron chi connectivity index (χ0n) is 22.2. The smallest absolute Gasteiger partial charge is 0.451 e. The van der Waals surface area contributed by atoms with Crippen LogP contribution in [0.2, 0.25) is 0 Å². The van der Waals surface area contributed by atoms with Gasteiger partial charge in [-0.25, -0.2) is 4.79 Å². The molecular weight excluding hydrogens is 475 g/mol. The summed E-state index contributed by atoms with van der Waals surface area (Å²) in [6.07, 6.45) is 6.69. The Morgan fingerprint density at radius 1 is 1.14 bits per heavy atom. The molecule has 2 bridgehead atoms. The number of esters is 1. The summed E-state index contributed by atoms with van der Waals surface area (Å²) >= 11 is 1.65. The SMILES string of the molecule is CC(Sc1ccc(/C=C\B2O[C@@H]3CC4CC(C4(C)C)[C@]3(C)O2)c2c1C(=O)OC(C)(C)O2)[C@@H]1CCCO1. The molecule has 0 radical (unpaired) electrons. The third kappa shape index (κ3) is 3.94. The second-order valence-corrected chi connectivity index (χ2v) is 13.7. The molecule has 0 amide bonds. The van der Waals surface area contributed by atoms with E-state index in [1.54, 1.807) is 25.6 Å². The second-order valence-electron chi connectivity index (χ2n) is 12.3. The molecule has 194 valence electrons. The zero-order valence-corrected chi connectivity index (χ0v) is 23.0. The average molecular weight is 512 g/mol. The van der Waals surface area contributed by atoms with E-state index in [-0.39, 0.29) is 29.0 Å². The van der Waals surface area contributed by atoms with Crippen molar-refractivity contribution in [2.75, 3.05) is 6.61 Å². The van der Waals surface area contributed by atoms with E-state index in [1.807, 2.05) is 24.2 Å². The summed E-state index contributed by atoms with van der Waals surface area (Å²) in [5, 5.41) is 0.223. The fraction of sp³-hybridized carbons (Fsp3) is 0.679. The Hall–Kier alpha value is -1.48. The molecule has 3 unspecified atom stereocenters. The molecule has 3 aliphatic carbocycles. The predicted molar refractivity (Wildman–Crippen MR) is 140 cm³/mol. The van der Waals surface area contributed by atoms with Crippen molar-refractivity contribution >= 4 is 30.9 Å². The Morgan fingerprint density at radius 2 is 1.94 bits per heavy atom.